The summed E-state index contributed by atoms with van der Waals surface area (Å²) in [6.07, 6.45) is 4.13. The zero-order valence-corrected chi connectivity index (χ0v) is 20.5. The van der Waals surface area contributed by atoms with E-state index in [2.05, 4.69) is 15.0 Å². The van der Waals surface area contributed by atoms with Crippen LogP contribution in [-0.2, 0) is 13.2 Å². The number of thiazole rings is 1. The molecule has 0 saturated carbocycles. The number of rotatable bonds is 6. The topological polar surface area (TPSA) is 93.7 Å². The smallest absolute Gasteiger partial charge is 0.268 e. The van der Waals surface area contributed by atoms with Gasteiger partial charge in [-0.2, -0.15) is 5.26 Å². The van der Waals surface area contributed by atoms with Crippen LogP contribution in [0.2, 0.25) is 4.34 Å². The van der Waals surface area contributed by atoms with Crippen molar-refractivity contribution >= 4 is 33.8 Å². The van der Waals surface area contributed by atoms with Gasteiger partial charge in [0.15, 0.2) is 0 Å². The molecule has 0 aliphatic heterocycles. The largest absolute Gasteiger partial charge is 0.486 e. The maximum absolute atomic E-state index is 14.9. The number of hydrogen-bond acceptors (Lipinski definition) is 7. The molecule has 0 fully saturated rings. The van der Waals surface area contributed by atoms with E-state index in [1.807, 2.05) is 31.2 Å². The molecule has 5 rings (SSSR count). The van der Waals surface area contributed by atoms with Crippen LogP contribution >= 0.6 is 22.9 Å². The van der Waals surface area contributed by atoms with E-state index in [4.69, 9.17) is 21.6 Å². The summed E-state index contributed by atoms with van der Waals surface area (Å²) in [5.41, 5.74) is 4.81. The average molecular weight is 518 g/mol. The molecule has 0 radical (unpaired) electrons. The fourth-order valence-electron chi connectivity index (χ4n) is 3.95. The van der Waals surface area contributed by atoms with Crippen LogP contribution in [0, 0.1) is 24.1 Å². The summed E-state index contributed by atoms with van der Waals surface area (Å²) in [4.78, 5) is 25.5. The lowest BCUT2D eigenvalue weighted by atomic mass is 10.0. The highest BCUT2D eigenvalue weighted by molar-refractivity contribution is 7.14. The molecule has 4 aromatic heterocycles. The maximum atomic E-state index is 14.9. The lowest BCUT2D eigenvalue weighted by Gasteiger charge is -2.15. The highest BCUT2D eigenvalue weighted by Gasteiger charge is 2.17. The van der Waals surface area contributed by atoms with E-state index in [0.717, 1.165) is 22.8 Å². The fraction of sp³-hybridized carbons (Fsp3) is 0.115. The number of para-hydroxylation sites is 1. The van der Waals surface area contributed by atoms with Gasteiger partial charge >= 0.3 is 0 Å². The molecule has 1 aromatic carbocycles. The predicted molar refractivity (Wildman–Crippen MR) is 136 cm³/mol. The molecular formula is C26H17ClFN5O2S. The number of aryl methyl sites for hydroxylation is 1. The first-order chi connectivity index (χ1) is 17.5. The molecule has 0 N–H and O–H groups in total. The molecule has 0 atom stereocenters. The third-order valence-electron chi connectivity index (χ3n) is 5.66. The van der Waals surface area contributed by atoms with Gasteiger partial charge in [-0.05, 0) is 36.8 Å². The SMILES string of the molecule is Cc1cc(-c2ncsc2Cl)c2cccc(OCc3c(F)cncc3Cn3cccc(C#N)c3=O)c2n1. The van der Waals surface area contributed by atoms with Crippen molar-refractivity contribution < 1.29 is 9.13 Å². The lowest BCUT2D eigenvalue weighted by Crippen LogP contribution is -2.23. The number of nitriles is 1. The van der Waals surface area contributed by atoms with Crippen molar-refractivity contribution in [3.05, 3.63) is 103 Å². The quantitative estimate of drug-likeness (QED) is 0.294. The van der Waals surface area contributed by atoms with Gasteiger partial charge in [-0.1, -0.05) is 23.7 Å². The molecule has 0 amide bonds. The number of halogens is 2. The molecule has 0 aliphatic carbocycles. The van der Waals surface area contributed by atoms with Gasteiger partial charge in [-0.15, -0.1) is 11.3 Å². The second-order valence-corrected chi connectivity index (χ2v) is 9.41. The maximum Gasteiger partial charge on any atom is 0.268 e. The minimum atomic E-state index is -0.559. The molecule has 178 valence electrons. The van der Waals surface area contributed by atoms with Crippen LogP contribution in [0.1, 0.15) is 22.4 Å². The lowest BCUT2D eigenvalue weighted by molar-refractivity contribution is 0.300. The van der Waals surface area contributed by atoms with Crippen LogP contribution in [0.3, 0.4) is 0 Å². The third-order valence-corrected chi connectivity index (χ3v) is 6.71. The third kappa shape index (κ3) is 4.44. The standard InChI is InChI=1S/C26H17ClFN5O2S/c1-15-8-19(24-25(27)36-14-31-24)18-5-2-6-22(23(18)32-15)35-13-20-17(10-30-11-21(20)28)12-33-7-3-4-16(9-29)26(33)34/h2-8,10-11,14H,12-13H2,1H3. The van der Waals surface area contributed by atoms with Gasteiger partial charge in [-0.3, -0.25) is 9.78 Å². The van der Waals surface area contributed by atoms with Crippen molar-refractivity contribution in [3.63, 3.8) is 0 Å². The second kappa shape index (κ2) is 9.85. The van der Waals surface area contributed by atoms with Crippen molar-refractivity contribution in [2.75, 3.05) is 0 Å². The molecular weight excluding hydrogens is 501 g/mol. The van der Waals surface area contributed by atoms with Gasteiger partial charge < -0.3 is 9.30 Å². The Bertz CT molecular complexity index is 1710. The van der Waals surface area contributed by atoms with E-state index >= 15 is 0 Å². The molecule has 0 aliphatic rings. The Kier molecular flexibility index (Phi) is 6.46. The zero-order chi connectivity index (χ0) is 25.2. The summed E-state index contributed by atoms with van der Waals surface area (Å²) in [6.45, 7) is 1.79. The minimum Gasteiger partial charge on any atom is -0.486 e. The van der Waals surface area contributed by atoms with Crippen molar-refractivity contribution in [2.45, 2.75) is 20.1 Å². The number of nitrogens with zero attached hydrogens (tertiary/aromatic N) is 5. The monoisotopic (exact) mass is 517 g/mol. The van der Waals surface area contributed by atoms with E-state index in [1.165, 1.54) is 28.2 Å². The van der Waals surface area contributed by atoms with Crippen molar-refractivity contribution in [2.24, 2.45) is 0 Å². The molecule has 0 unspecified atom stereocenters. The second-order valence-electron chi connectivity index (χ2n) is 7.95. The molecule has 0 spiro atoms. The van der Waals surface area contributed by atoms with E-state index in [1.54, 1.807) is 23.8 Å². The van der Waals surface area contributed by atoms with Gasteiger partial charge in [0.25, 0.3) is 5.56 Å². The summed E-state index contributed by atoms with van der Waals surface area (Å²) in [7, 11) is 0. The first-order valence-corrected chi connectivity index (χ1v) is 12.1. The van der Waals surface area contributed by atoms with Crippen molar-refractivity contribution in [3.8, 4) is 23.1 Å². The summed E-state index contributed by atoms with van der Waals surface area (Å²) in [5.74, 6) is -0.0917. The average Bonchev–Trinajstić information content (AvgIpc) is 3.30. The summed E-state index contributed by atoms with van der Waals surface area (Å²) >= 11 is 7.70. The Morgan fingerprint density at radius 1 is 1.25 bits per heavy atom. The van der Waals surface area contributed by atoms with Gasteiger partial charge in [0.1, 0.15) is 45.4 Å². The van der Waals surface area contributed by atoms with E-state index < -0.39 is 11.4 Å². The van der Waals surface area contributed by atoms with Crippen LogP contribution in [0.4, 0.5) is 4.39 Å². The normalized spacial score (nSPS) is 10.9. The Morgan fingerprint density at radius 2 is 2.11 bits per heavy atom. The first-order valence-electron chi connectivity index (χ1n) is 10.8. The number of aromatic nitrogens is 4. The van der Waals surface area contributed by atoms with E-state index in [9.17, 15) is 9.18 Å². The summed E-state index contributed by atoms with van der Waals surface area (Å²) in [6, 6.07) is 12.3. The number of hydrogen-bond donors (Lipinski definition) is 0. The van der Waals surface area contributed by atoms with Gasteiger partial charge in [0, 0.05) is 34.6 Å². The molecule has 0 bridgehead atoms. The Balaban J connectivity index is 1.51. The van der Waals surface area contributed by atoms with Crippen molar-refractivity contribution in [1.82, 2.24) is 19.5 Å². The van der Waals surface area contributed by atoms with E-state index in [-0.39, 0.29) is 24.3 Å². The molecule has 5 aromatic rings. The molecule has 4 heterocycles. The number of pyridine rings is 3. The molecule has 0 saturated heterocycles. The summed E-state index contributed by atoms with van der Waals surface area (Å²) in [5, 5.41) is 9.95. The number of fused-ring (bicyclic) bond motifs is 1. The zero-order valence-electron chi connectivity index (χ0n) is 18.9. The van der Waals surface area contributed by atoms with E-state index in [0.29, 0.717) is 26.9 Å². The van der Waals surface area contributed by atoms with Crippen LogP contribution in [0.15, 0.2) is 65.3 Å². The first kappa shape index (κ1) is 23.6. The molecule has 10 heteroatoms. The Morgan fingerprint density at radius 3 is 2.89 bits per heavy atom. The van der Waals surface area contributed by atoms with Gasteiger partial charge in [-0.25, -0.2) is 14.4 Å². The van der Waals surface area contributed by atoms with Crippen molar-refractivity contribution in [1.29, 1.82) is 5.26 Å². The van der Waals surface area contributed by atoms with Crippen LogP contribution in [0.5, 0.6) is 5.75 Å². The van der Waals surface area contributed by atoms with Crippen LogP contribution in [-0.4, -0.2) is 19.5 Å². The Hall–Kier alpha value is -4.13. The molecule has 36 heavy (non-hydrogen) atoms. The van der Waals surface area contributed by atoms with Gasteiger partial charge in [0.05, 0.1) is 18.3 Å². The number of ether oxygens (including phenoxy) is 1. The summed E-state index contributed by atoms with van der Waals surface area (Å²) < 4.78 is 22.8. The Labute approximate surface area is 214 Å². The van der Waals surface area contributed by atoms with Crippen LogP contribution < -0.4 is 10.3 Å². The minimum absolute atomic E-state index is 0.00730. The predicted octanol–water partition coefficient (Wildman–Crippen LogP) is 5.51. The number of benzene rings is 1. The highest BCUT2D eigenvalue weighted by Crippen LogP contribution is 2.37. The van der Waals surface area contributed by atoms with Crippen LogP contribution in [0.25, 0.3) is 22.2 Å². The highest BCUT2D eigenvalue weighted by atomic mass is 35.5. The fourth-order valence-corrected chi connectivity index (χ4v) is 4.74. The van der Waals surface area contributed by atoms with Gasteiger partial charge in [0.2, 0.25) is 0 Å². The molecule has 7 nitrogen and oxygen atoms in total.